The van der Waals surface area contributed by atoms with Crippen LogP contribution in [-0.2, 0) is 6.54 Å². The van der Waals surface area contributed by atoms with E-state index in [1.54, 1.807) is 0 Å². The number of likely N-dealkylation sites (N-methyl/N-ethyl adjacent to an activating group) is 1. The van der Waals surface area contributed by atoms with E-state index >= 15 is 0 Å². The number of hydrogen-bond acceptors (Lipinski definition) is 5. The van der Waals surface area contributed by atoms with E-state index in [0.29, 0.717) is 25.4 Å². The fourth-order valence-electron chi connectivity index (χ4n) is 3.39. The van der Waals surface area contributed by atoms with Gasteiger partial charge in [0.15, 0.2) is 0 Å². The van der Waals surface area contributed by atoms with Crippen LogP contribution < -0.4 is 9.64 Å². The zero-order valence-corrected chi connectivity index (χ0v) is 16.9. The van der Waals surface area contributed by atoms with Crippen LogP contribution in [0.15, 0.2) is 53.9 Å². The Kier molecular flexibility index (Phi) is 5.30. The number of benzene rings is 2. The van der Waals surface area contributed by atoms with Crippen molar-refractivity contribution in [2.75, 3.05) is 31.6 Å². The number of para-hydroxylation sites is 1. The van der Waals surface area contributed by atoms with Gasteiger partial charge in [-0.2, -0.15) is 0 Å². The largest absolute Gasteiger partial charge is 0.494 e. The van der Waals surface area contributed by atoms with Crippen molar-refractivity contribution in [2.24, 2.45) is 0 Å². The summed E-state index contributed by atoms with van der Waals surface area (Å²) in [6, 6.07) is 16.1. The van der Waals surface area contributed by atoms with Gasteiger partial charge in [0, 0.05) is 43.3 Å². The van der Waals surface area contributed by atoms with Gasteiger partial charge in [-0.3, -0.25) is 4.79 Å². The second-order valence-electron chi connectivity index (χ2n) is 6.77. The monoisotopic (exact) mass is 393 g/mol. The molecule has 2 heterocycles. The highest BCUT2D eigenvalue weighted by atomic mass is 32.1. The Hall–Kier alpha value is -2.86. The average Bonchev–Trinajstić information content (AvgIpc) is 3.15. The number of carbonyl (C=O) groups is 1. The van der Waals surface area contributed by atoms with Crippen LogP contribution in [0.5, 0.6) is 5.75 Å². The van der Waals surface area contributed by atoms with Crippen LogP contribution in [0.4, 0.5) is 5.69 Å². The molecule has 3 aromatic rings. The van der Waals surface area contributed by atoms with Gasteiger partial charge < -0.3 is 14.5 Å². The predicted molar refractivity (Wildman–Crippen MR) is 113 cm³/mol. The third kappa shape index (κ3) is 3.73. The van der Waals surface area contributed by atoms with Gasteiger partial charge in [0.05, 0.1) is 6.61 Å². The highest BCUT2D eigenvalue weighted by Gasteiger charge is 2.24. The molecule has 1 aromatic heterocycles. The molecule has 28 heavy (non-hydrogen) atoms. The number of carbonyl (C=O) groups excluding carboxylic acids is 1. The van der Waals surface area contributed by atoms with Crippen LogP contribution in [0.2, 0.25) is 0 Å². The summed E-state index contributed by atoms with van der Waals surface area (Å²) in [6.07, 6.45) is 0. The molecule has 0 fully saturated rings. The van der Waals surface area contributed by atoms with Gasteiger partial charge in [-0.15, -0.1) is 11.3 Å². The molecule has 0 bridgehead atoms. The minimum absolute atomic E-state index is 0.0152. The minimum atomic E-state index is -0.0152. The van der Waals surface area contributed by atoms with Crippen LogP contribution in [0.25, 0.3) is 10.6 Å². The third-order valence-corrected chi connectivity index (χ3v) is 5.78. The van der Waals surface area contributed by atoms with Crippen LogP contribution in [-0.4, -0.2) is 42.5 Å². The second kappa shape index (κ2) is 8.02. The molecule has 1 amide bonds. The summed E-state index contributed by atoms with van der Waals surface area (Å²) in [5, 5.41) is 2.70. The first-order valence-corrected chi connectivity index (χ1v) is 10.3. The molecule has 2 aromatic carbocycles. The first-order valence-electron chi connectivity index (χ1n) is 9.43. The zero-order valence-electron chi connectivity index (χ0n) is 16.1. The smallest absolute Gasteiger partial charge is 0.273 e. The highest BCUT2D eigenvalue weighted by Crippen LogP contribution is 2.28. The van der Waals surface area contributed by atoms with Crippen molar-refractivity contribution >= 4 is 22.9 Å². The summed E-state index contributed by atoms with van der Waals surface area (Å²) < 4.78 is 5.49. The van der Waals surface area contributed by atoms with Crippen molar-refractivity contribution in [3.63, 3.8) is 0 Å². The maximum atomic E-state index is 13.1. The van der Waals surface area contributed by atoms with E-state index < -0.39 is 0 Å². The first kappa shape index (κ1) is 18.5. The maximum absolute atomic E-state index is 13.1. The van der Waals surface area contributed by atoms with Crippen molar-refractivity contribution in [1.82, 2.24) is 9.88 Å². The minimum Gasteiger partial charge on any atom is -0.494 e. The summed E-state index contributed by atoms with van der Waals surface area (Å²) in [5.41, 5.74) is 3.85. The van der Waals surface area contributed by atoms with E-state index in [1.807, 2.05) is 53.6 Å². The van der Waals surface area contributed by atoms with Gasteiger partial charge in [-0.05, 0) is 42.8 Å². The van der Waals surface area contributed by atoms with E-state index in [2.05, 4.69) is 29.1 Å². The van der Waals surface area contributed by atoms with Crippen LogP contribution in [0.3, 0.4) is 0 Å². The quantitative estimate of drug-likeness (QED) is 0.663. The average molecular weight is 394 g/mol. The van der Waals surface area contributed by atoms with Crippen molar-refractivity contribution in [3.8, 4) is 16.3 Å². The van der Waals surface area contributed by atoms with Gasteiger partial charge in [0.25, 0.3) is 5.91 Å². The Morgan fingerprint density at radius 3 is 2.71 bits per heavy atom. The van der Waals surface area contributed by atoms with Crippen molar-refractivity contribution in [3.05, 3.63) is 65.2 Å². The number of nitrogens with zero attached hydrogens (tertiary/aromatic N) is 3. The zero-order chi connectivity index (χ0) is 19.5. The van der Waals surface area contributed by atoms with E-state index in [1.165, 1.54) is 17.0 Å². The number of amides is 1. The Morgan fingerprint density at radius 1 is 1.14 bits per heavy atom. The molecule has 0 radical (unpaired) electrons. The topological polar surface area (TPSA) is 45.7 Å². The molecule has 0 aliphatic carbocycles. The lowest BCUT2D eigenvalue weighted by molar-refractivity contribution is 0.0746. The SMILES string of the molecule is CCOc1ccc(-c2nc(C(=O)N3CCN(C)c4ccccc4C3)cs2)cc1. The molecule has 144 valence electrons. The summed E-state index contributed by atoms with van der Waals surface area (Å²) in [7, 11) is 2.07. The fourth-order valence-corrected chi connectivity index (χ4v) is 4.19. The maximum Gasteiger partial charge on any atom is 0.273 e. The predicted octanol–water partition coefficient (Wildman–Crippen LogP) is 4.30. The Morgan fingerprint density at radius 2 is 1.93 bits per heavy atom. The number of hydrogen-bond donors (Lipinski definition) is 0. The molecule has 6 heteroatoms. The first-order chi connectivity index (χ1) is 13.7. The van der Waals surface area contributed by atoms with Gasteiger partial charge in [-0.1, -0.05) is 18.2 Å². The van der Waals surface area contributed by atoms with E-state index in [0.717, 1.165) is 28.4 Å². The van der Waals surface area contributed by atoms with Gasteiger partial charge in [0.1, 0.15) is 16.5 Å². The van der Waals surface area contributed by atoms with Gasteiger partial charge in [0.2, 0.25) is 0 Å². The normalized spacial score (nSPS) is 13.8. The van der Waals surface area contributed by atoms with Crippen molar-refractivity contribution < 1.29 is 9.53 Å². The second-order valence-corrected chi connectivity index (χ2v) is 7.63. The molecule has 0 saturated carbocycles. The third-order valence-electron chi connectivity index (χ3n) is 4.89. The number of fused-ring (bicyclic) bond motifs is 1. The molecule has 0 spiro atoms. The number of thiazole rings is 1. The standard InChI is InChI=1S/C22H23N3O2S/c1-3-27-18-10-8-16(9-11-18)21-23-19(15-28-21)22(26)25-13-12-24(2)20-7-5-4-6-17(20)14-25/h4-11,15H,3,12-14H2,1-2H3. The molecule has 4 rings (SSSR count). The highest BCUT2D eigenvalue weighted by molar-refractivity contribution is 7.13. The lowest BCUT2D eigenvalue weighted by atomic mass is 10.1. The number of anilines is 1. The molecule has 1 aliphatic heterocycles. The van der Waals surface area contributed by atoms with Gasteiger partial charge >= 0.3 is 0 Å². The molecule has 5 nitrogen and oxygen atoms in total. The Bertz CT molecular complexity index is 968. The molecular weight excluding hydrogens is 370 g/mol. The van der Waals surface area contributed by atoms with Gasteiger partial charge in [-0.25, -0.2) is 4.98 Å². The molecule has 1 aliphatic rings. The van der Waals surface area contributed by atoms with Crippen LogP contribution >= 0.6 is 11.3 Å². The molecule has 0 unspecified atom stereocenters. The molecule has 0 atom stereocenters. The van der Waals surface area contributed by atoms with E-state index in [-0.39, 0.29) is 5.91 Å². The lowest BCUT2D eigenvalue weighted by Crippen LogP contribution is -2.34. The summed E-state index contributed by atoms with van der Waals surface area (Å²) in [5.74, 6) is 0.824. The van der Waals surface area contributed by atoms with E-state index in [9.17, 15) is 4.79 Å². The van der Waals surface area contributed by atoms with Crippen molar-refractivity contribution in [1.29, 1.82) is 0 Å². The van der Waals surface area contributed by atoms with Crippen LogP contribution in [0.1, 0.15) is 23.0 Å². The number of ether oxygens (including phenoxy) is 1. The lowest BCUT2D eigenvalue weighted by Gasteiger charge is -2.20. The molecular formula is C22H23N3O2S. The van der Waals surface area contributed by atoms with E-state index in [4.69, 9.17) is 4.74 Å². The molecule has 0 N–H and O–H groups in total. The Balaban J connectivity index is 1.53. The van der Waals surface area contributed by atoms with Crippen LogP contribution in [0, 0.1) is 0 Å². The number of rotatable bonds is 4. The summed E-state index contributed by atoms with van der Waals surface area (Å²) >= 11 is 1.50. The summed E-state index contributed by atoms with van der Waals surface area (Å²) in [4.78, 5) is 21.8. The summed E-state index contributed by atoms with van der Waals surface area (Å²) in [6.45, 7) is 4.70. The van der Waals surface area contributed by atoms with Crippen molar-refractivity contribution in [2.45, 2.75) is 13.5 Å². The number of aromatic nitrogens is 1. The Labute approximate surface area is 169 Å². The molecule has 0 saturated heterocycles. The fraction of sp³-hybridized carbons (Fsp3) is 0.273.